The average molecular weight is 257 g/mol. The summed E-state index contributed by atoms with van der Waals surface area (Å²) in [6.45, 7) is 1.48. The predicted octanol–water partition coefficient (Wildman–Crippen LogP) is 1.74. The number of para-hydroxylation sites is 1. The Balaban J connectivity index is 1.99. The molecule has 1 atom stereocenters. The Labute approximate surface area is 112 Å². The molecule has 1 aromatic carbocycles. The molecule has 1 unspecified atom stereocenters. The lowest BCUT2D eigenvalue weighted by Gasteiger charge is -2.31. The number of carbonyl (C=O) groups is 1. The van der Waals surface area contributed by atoms with Gasteiger partial charge in [-0.05, 0) is 25.0 Å². The fourth-order valence-corrected chi connectivity index (χ4v) is 2.89. The van der Waals surface area contributed by atoms with Gasteiger partial charge in [0.2, 0.25) is 0 Å². The van der Waals surface area contributed by atoms with E-state index in [2.05, 4.69) is 0 Å². The van der Waals surface area contributed by atoms with Crippen molar-refractivity contribution >= 4 is 16.8 Å². The fraction of sp³-hybridized carbons (Fsp3) is 0.400. The van der Waals surface area contributed by atoms with E-state index in [0.29, 0.717) is 6.54 Å². The number of amides is 1. The van der Waals surface area contributed by atoms with Crippen LogP contribution in [0.25, 0.3) is 10.9 Å². The minimum Gasteiger partial charge on any atom is -0.350 e. The van der Waals surface area contributed by atoms with Crippen LogP contribution in [-0.4, -0.2) is 34.5 Å². The zero-order valence-electron chi connectivity index (χ0n) is 11.2. The monoisotopic (exact) mass is 257 g/mol. The van der Waals surface area contributed by atoms with Crippen molar-refractivity contribution in [1.29, 1.82) is 0 Å². The number of likely N-dealkylation sites (tertiary alicyclic amines) is 1. The molecule has 0 spiro atoms. The normalized spacial score (nSPS) is 19.9. The van der Waals surface area contributed by atoms with E-state index in [4.69, 9.17) is 5.73 Å². The highest BCUT2D eigenvalue weighted by Crippen LogP contribution is 2.22. The van der Waals surface area contributed by atoms with Gasteiger partial charge in [-0.15, -0.1) is 0 Å². The van der Waals surface area contributed by atoms with Crippen molar-refractivity contribution in [2.24, 2.45) is 12.8 Å². The molecular weight excluding hydrogens is 238 g/mol. The van der Waals surface area contributed by atoms with Crippen LogP contribution < -0.4 is 5.73 Å². The third kappa shape index (κ3) is 2.12. The molecule has 4 heteroatoms. The number of nitrogens with zero attached hydrogens (tertiary/aromatic N) is 2. The second-order valence-electron chi connectivity index (χ2n) is 5.32. The molecule has 0 aliphatic carbocycles. The molecule has 1 saturated heterocycles. The van der Waals surface area contributed by atoms with Gasteiger partial charge < -0.3 is 15.2 Å². The molecule has 2 N–H and O–H groups in total. The number of rotatable bonds is 1. The largest absolute Gasteiger partial charge is 0.350 e. The minimum absolute atomic E-state index is 0.0996. The van der Waals surface area contributed by atoms with Crippen LogP contribution in [0, 0.1) is 0 Å². The van der Waals surface area contributed by atoms with Gasteiger partial charge in [-0.3, -0.25) is 4.79 Å². The molecule has 4 nitrogen and oxygen atoms in total. The van der Waals surface area contributed by atoms with E-state index in [1.54, 1.807) is 0 Å². The van der Waals surface area contributed by atoms with Gasteiger partial charge in [0.05, 0.1) is 11.1 Å². The van der Waals surface area contributed by atoms with Crippen LogP contribution in [0.15, 0.2) is 30.5 Å². The van der Waals surface area contributed by atoms with Crippen LogP contribution in [-0.2, 0) is 7.05 Å². The Hall–Kier alpha value is -1.81. The molecule has 1 aromatic heterocycles. The Kier molecular flexibility index (Phi) is 3.03. The Morgan fingerprint density at radius 2 is 2.21 bits per heavy atom. The summed E-state index contributed by atoms with van der Waals surface area (Å²) in [5.74, 6) is 0.0996. The number of carbonyl (C=O) groups excluding carboxylic acids is 1. The standard InChI is InChI=1S/C15H19N3O/c1-17-9-7-11-4-2-6-13(14(11)17)15(19)18-8-3-5-12(16)10-18/h2,4,6-7,9,12H,3,5,8,10,16H2,1H3. The smallest absolute Gasteiger partial charge is 0.256 e. The summed E-state index contributed by atoms with van der Waals surface area (Å²) in [6, 6.07) is 8.04. The summed E-state index contributed by atoms with van der Waals surface area (Å²) >= 11 is 0. The van der Waals surface area contributed by atoms with Gasteiger partial charge in [0.25, 0.3) is 5.91 Å². The second kappa shape index (κ2) is 4.70. The van der Waals surface area contributed by atoms with Crippen molar-refractivity contribution in [2.45, 2.75) is 18.9 Å². The fourth-order valence-electron chi connectivity index (χ4n) is 2.89. The van der Waals surface area contributed by atoms with Gasteiger partial charge in [-0.2, -0.15) is 0 Å². The first-order valence-corrected chi connectivity index (χ1v) is 6.76. The van der Waals surface area contributed by atoms with Crippen molar-refractivity contribution in [3.05, 3.63) is 36.0 Å². The number of fused-ring (bicyclic) bond motifs is 1. The second-order valence-corrected chi connectivity index (χ2v) is 5.32. The quantitative estimate of drug-likeness (QED) is 0.846. The third-order valence-electron chi connectivity index (χ3n) is 3.87. The lowest BCUT2D eigenvalue weighted by atomic mass is 10.0. The van der Waals surface area contributed by atoms with E-state index < -0.39 is 0 Å². The number of hydrogen-bond donors (Lipinski definition) is 1. The number of aromatic nitrogens is 1. The van der Waals surface area contributed by atoms with Gasteiger partial charge in [0.1, 0.15) is 0 Å². The summed E-state index contributed by atoms with van der Waals surface area (Å²) in [4.78, 5) is 14.6. The highest BCUT2D eigenvalue weighted by Gasteiger charge is 2.24. The van der Waals surface area contributed by atoms with Gasteiger partial charge in [0.15, 0.2) is 0 Å². The van der Waals surface area contributed by atoms with Gasteiger partial charge in [0, 0.05) is 37.8 Å². The van der Waals surface area contributed by atoms with E-state index in [0.717, 1.165) is 35.9 Å². The lowest BCUT2D eigenvalue weighted by Crippen LogP contribution is -2.45. The molecule has 2 heterocycles. The Bertz CT molecular complexity index is 617. The maximum Gasteiger partial charge on any atom is 0.256 e. The van der Waals surface area contributed by atoms with Crippen LogP contribution >= 0.6 is 0 Å². The SMILES string of the molecule is Cn1ccc2cccc(C(=O)N3CCCC(N)C3)c21. The van der Waals surface area contributed by atoms with Crippen molar-refractivity contribution < 1.29 is 4.79 Å². The van der Waals surface area contributed by atoms with Gasteiger partial charge >= 0.3 is 0 Å². The molecule has 100 valence electrons. The molecule has 1 aliphatic rings. The molecule has 0 radical (unpaired) electrons. The Morgan fingerprint density at radius 1 is 1.37 bits per heavy atom. The van der Waals surface area contributed by atoms with Crippen molar-refractivity contribution in [3.8, 4) is 0 Å². The van der Waals surface area contributed by atoms with Crippen LogP contribution in [0.5, 0.6) is 0 Å². The molecule has 0 bridgehead atoms. The summed E-state index contributed by atoms with van der Waals surface area (Å²) in [7, 11) is 1.97. The minimum atomic E-state index is 0.0996. The average Bonchev–Trinajstić information content (AvgIpc) is 2.80. The maximum atomic E-state index is 12.7. The first-order chi connectivity index (χ1) is 9.16. The zero-order valence-corrected chi connectivity index (χ0v) is 11.2. The number of aryl methyl sites for hydroxylation is 1. The third-order valence-corrected chi connectivity index (χ3v) is 3.87. The highest BCUT2D eigenvalue weighted by molar-refractivity contribution is 6.06. The van der Waals surface area contributed by atoms with Crippen LogP contribution in [0.2, 0.25) is 0 Å². The molecule has 0 saturated carbocycles. The number of nitrogens with two attached hydrogens (primary N) is 1. The predicted molar refractivity (Wildman–Crippen MR) is 76.0 cm³/mol. The van der Waals surface area contributed by atoms with Crippen LogP contribution in [0.4, 0.5) is 0 Å². The maximum absolute atomic E-state index is 12.7. The lowest BCUT2D eigenvalue weighted by molar-refractivity contribution is 0.0710. The van der Waals surface area contributed by atoms with E-state index in [1.807, 2.05) is 47.0 Å². The first-order valence-electron chi connectivity index (χ1n) is 6.76. The number of benzene rings is 1. The highest BCUT2D eigenvalue weighted by atomic mass is 16.2. The van der Waals surface area contributed by atoms with Crippen molar-refractivity contribution in [3.63, 3.8) is 0 Å². The van der Waals surface area contributed by atoms with E-state index in [-0.39, 0.29) is 11.9 Å². The number of piperidine rings is 1. The van der Waals surface area contributed by atoms with E-state index >= 15 is 0 Å². The molecule has 2 aromatic rings. The Morgan fingerprint density at radius 3 is 3.00 bits per heavy atom. The summed E-state index contributed by atoms with van der Waals surface area (Å²) in [6.07, 6.45) is 4.00. The van der Waals surface area contributed by atoms with Gasteiger partial charge in [-0.1, -0.05) is 12.1 Å². The summed E-state index contributed by atoms with van der Waals surface area (Å²) < 4.78 is 2.01. The molecule has 3 rings (SSSR count). The topological polar surface area (TPSA) is 51.3 Å². The summed E-state index contributed by atoms with van der Waals surface area (Å²) in [5.41, 5.74) is 7.75. The van der Waals surface area contributed by atoms with Crippen LogP contribution in [0.1, 0.15) is 23.2 Å². The van der Waals surface area contributed by atoms with Crippen molar-refractivity contribution in [1.82, 2.24) is 9.47 Å². The molecule has 1 aliphatic heterocycles. The summed E-state index contributed by atoms with van der Waals surface area (Å²) in [5, 5.41) is 1.11. The van der Waals surface area contributed by atoms with Crippen molar-refractivity contribution in [2.75, 3.05) is 13.1 Å². The van der Waals surface area contributed by atoms with E-state index in [1.165, 1.54) is 0 Å². The molecule has 1 fully saturated rings. The molecule has 1 amide bonds. The zero-order chi connectivity index (χ0) is 13.4. The molecular formula is C15H19N3O. The van der Waals surface area contributed by atoms with Gasteiger partial charge in [-0.25, -0.2) is 0 Å². The van der Waals surface area contributed by atoms with E-state index in [9.17, 15) is 4.79 Å². The molecule has 19 heavy (non-hydrogen) atoms. The first kappa shape index (κ1) is 12.2. The number of hydrogen-bond acceptors (Lipinski definition) is 2. The van der Waals surface area contributed by atoms with Crippen LogP contribution in [0.3, 0.4) is 0 Å².